The zero-order valence-corrected chi connectivity index (χ0v) is 10.3. The van der Waals surface area contributed by atoms with Crippen LogP contribution in [0.4, 0.5) is 0 Å². The van der Waals surface area contributed by atoms with Crippen LogP contribution in [0.1, 0.15) is 25.3 Å². The van der Waals surface area contributed by atoms with Gasteiger partial charge >= 0.3 is 0 Å². The summed E-state index contributed by atoms with van der Waals surface area (Å²) < 4.78 is 1.92. The molecule has 4 heteroatoms. The average molecular weight is 238 g/mol. The zero-order valence-electron chi connectivity index (χ0n) is 9.52. The number of hydrogen-bond donors (Lipinski definition) is 1. The number of fused-ring (bicyclic) bond motifs is 1. The highest BCUT2D eigenvalue weighted by molar-refractivity contribution is 6.32. The van der Waals surface area contributed by atoms with Gasteiger partial charge in [0, 0.05) is 6.20 Å². The highest BCUT2D eigenvalue weighted by Gasteiger charge is 2.15. The Morgan fingerprint density at radius 3 is 2.88 bits per heavy atom. The standard InChI is InChI=1S/C12H16ClN3/c1-8(2)10(6-14)9-3-4-16-7-15-12(13)11(16)5-9/h3-5,7-8,10H,6,14H2,1-2H3. The fourth-order valence-electron chi connectivity index (χ4n) is 2.00. The first-order valence-electron chi connectivity index (χ1n) is 5.45. The molecule has 3 nitrogen and oxygen atoms in total. The highest BCUT2D eigenvalue weighted by Crippen LogP contribution is 2.26. The summed E-state index contributed by atoms with van der Waals surface area (Å²) in [6.45, 7) is 5.01. The molecule has 0 amide bonds. The van der Waals surface area contributed by atoms with Gasteiger partial charge < -0.3 is 10.1 Å². The first-order chi connectivity index (χ1) is 7.63. The molecular weight excluding hydrogens is 222 g/mol. The van der Waals surface area contributed by atoms with Gasteiger partial charge in [-0.05, 0) is 36.1 Å². The summed E-state index contributed by atoms with van der Waals surface area (Å²) in [6, 6.07) is 4.16. The van der Waals surface area contributed by atoms with Crippen LogP contribution in [0.5, 0.6) is 0 Å². The van der Waals surface area contributed by atoms with Crippen LogP contribution in [0.3, 0.4) is 0 Å². The number of nitrogens with zero attached hydrogens (tertiary/aromatic N) is 2. The van der Waals surface area contributed by atoms with Gasteiger partial charge in [-0.1, -0.05) is 25.4 Å². The maximum atomic E-state index is 6.01. The van der Waals surface area contributed by atoms with Gasteiger partial charge in [-0.2, -0.15) is 0 Å². The lowest BCUT2D eigenvalue weighted by molar-refractivity contribution is 0.506. The molecule has 2 aromatic heterocycles. The van der Waals surface area contributed by atoms with E-state index in [1.807, 2.05) is 10.6 Å². The summed E-state index contributed by atoms with van der Waals surface area (Å²) in [5.41, 5.74) is 7.98. The van der Waals surface area contributed by atoms with Crippen molar-refractivity contribution >= 4 is 17.1 Å². The van der Waals surface area contributed by atoms with E-state index in [4.69, 9.17) is 17.3 Å². The summed E-state index contributed by atoms with van der Waals surface area (Å²) in [4.78, 5) is 4.06. The van der Waals surface area contributed by atoms with Gasteiger partial charge in [-0.15, -0.1) is 0 Å². The fourth-order valence-corrected chi connectivity index (χ4v) is 2.19. The number of aromatic nitrogens is 2. The molecule has 0 aliphatic heterocycles. The van der Waals surface area contributed by atoms with Gasteiger partial charge in [0.05, 0.1) is 5.52 Å². The smallest absolute Gasteiger partial charge is 0.154 e. The first kappa shape index (κ1) is 11.4. The predicted molar refractivity (Wildman–Crippen MR) is 66.8 cm³/mol. The molecule has 0 saturated carbocycles. The molecule has 86 valence electrons. The van der Waals surface area contributed by atoms with Crippen LogP contribution >= 0.6 is 11.6 Å². The second kappa shape index (κ2) is 4.44. The lowest BCUT2D eigenvalue weighted by Gasteiger charge is -2.19. The summed E-state index contributed by atoms with van der Waals surface area (Å²) in [5.74, 6) is 0.894. The quantitative estimate of drug-likeness (QED) is 0.892. The normalized spacial score (nSPS) is 13.6. The van der Waals surface area contributed by atoms with E-state index in [0.717, 1.165) is 5.52 Å². The van der Waals surface area contributed by atoms with E-state index in [2.05, 4.69) is 31.0 Å². The van der Waals surface area contributed by atoms with E-state index in [-0.39, 0.29) is 0 Å². The summed E-state index contributed by atoms with van der Waals surface area (Å²) >= 11 is 6.01. The van der Waals surface area contributed by atoms with Crippen molar-refractivity contribution in [3.8, 4) is 0 Å². The van der Waals surface area contributed by atoms with Crippen LogP contribution in [0.15, 0.2) is 24.7 Å². The minimum absolute atomic E-state index is 0.371. The zero-order chi connectivity index (χ0) is 11.7. The van der Waals surface area contributed by atoms with E-state index >= 15 is 0 Å². The molecule has 2 N–H and O–H groups in total. The van der Waals surface area contributed by atoms with Crippen LogP contribution in [0.2, 0.25) is 5.15 Å². The van der Waals surface area contributed by atoms with Crippen LogP contribution in [0.25, 0.3) is 5.52 Å². The Hall–Kier alpha value is -1.06. The van der Waals surface area contributed by atoms with Crippen molar-refractivity contribution in [2.45, 2.75) is 19.8 Å². The number of imidazole rings is 1. The Kier molecular flexibility index (Phi) is 3.17. The lowest BCUT2D eigenvalue weighted by atomic mass is 9.89. The molecular formula is C12H16ClN3. The molecule has 0 aliphatic carbocycles. The van der Waals surface area contributed by atoms with Crippen LogP contribution in [0, 0.1) is 5.92 Å². The van der Waals surface area contributed by atoms with Gasteiger partial charge in [0.15, 0.2) is 5.15 Å². The van der Waals surface area contributed by atoms with E-state index < -0.39 is 0 Å². The lowest BCUT2D eigenvalue weighted by Crippen LogP contribution is -2.17. The molecule has 2 rings (SSSR count). The van der Waals surface area contributed by atoms with Gasteiger partial charge in [0.1, 0.15) is 6.33 Å². The fraction of sp³-hybridized carbons (Fsp3) is 0.417. The Morgan fingerprint density at radius 1 is 1.50 bits per heavy atom. The molecule has 0 aliphatic rings. The Labute approximate surface area is 100 Å². The van der Waals surface area contributed by atoms with Crippen LogP contribution in [-0.4, -0.2) is 15.9 Å². The topological polar surface area (TPSA) is 43.3 Å². The number of rotatable bonds is 3. The predicted octanol–water partition coefficient (Wildman–Crippen LogP) is 2.69. The SMILES string of the molecule is CC(C)C(CN)c1ccn2cnc(Cl)c2c1. The largest absolute Gasteiger partial charge is 0.330 e. The number of pyridine rings is 1. The van der Waals surface area contributed by atoms with Crippen molar-refractivity contribution in [2.24, 2.45) is 11.7 Å². The molecule has 0 fully saturated rings. The molecule has 0 spiro atoms. The number of hydrogen-bond acceptors (Lipinski definition) is 2. The Bertz CT molecular complexity index is 490. The molecule has 2 heterocycles. The molecule has 2 aromatic rings. The van der Waals surface area contributed by atoms with Gasteiger partial charge in [0.2, 0.25) is 0 Å². The van der Waals surface area contributed by atoms with Crippen molar-refractivity contribution in [3.63, 3.8) is 0 Å². The van der Waals surface area contributed by atoms with E-state index in [1.165, 1.54) is 5.56 Å². The highest BCUT2D eigenvalue weighted by atomic mass is 35.5. The maximum absolute atomic E-state index is 6.01. The summed E-state index contributed by atoms with van der Waals surface area (Å²) in [6.07, 6.45) is 3.70. The van der Waals surface area contributed by atoms with Crippen molar-refractivity contribution in [1.82, 2.24) is 9.38 Å². The van der Waals surface area contributed by atoms with Gasteiger partial charge in [0.25, 0.3) is 0 Å². The van der Waals surface area contributed by atoms with Gasteiger partial charge in [-0.25, -0.2) is 4.98 Å². The monoisotopic (exact) mass is 237 g/mol. The van der Waals surface area contributed by atoms with Gasteiger partial charge in [-0.3, -0.25) is 0 Å². The van der Waals surface area contributed by atoms with E-state index in [9.17, 15) is 0 Å². The Morgan fingerprint density at radius 2 is 2.25 bits per heavy atom. The van der Waals surface area contributed by atoms with Crippen LogP contribution < -0.4 is 5.73 Å². The van der Waals surface area contributed by atoms with Crippen molar-refractivity contribution < 1.29 is 0 Å². The van der Waals surface area contributed by atoms with Crippen molar-refractivity contribution in [2.75, 3.05) is 6.54 Å². The second-order valence-electron chi connectivity index (χ2n) is 4.37. The minimum Gasteiger partial charge on any atom is -0.330 e. The van der Waals surface area contributed by atoms with Crippen LogP contribution in [-0.2, 0) is 0 Å². The van der Waals surface area contributed by atoms with E-state index in [0.29, 0.717) is 23.5 Å². The third-order valence-corrected chi connectivity index (χ3v) is 3.29. The second-order valence-corrected chi connectivity index (χ2v) is 4.73. The van der Waals surface area contributed by atoms with Crippen molar-refractivity contribution in [3.05, 3.63) is 35.4 Å². The minimum atomic E-state index is 0.371. The van der Waals surface area contributed by atoms with Crippen molar-refractivity contribution in [1.29, 1.82) is 0 Å². The van der Waals surface area contributed by atoms with E-state index in [1.54, 1.807) is 6.33 Å². The molecule has 1 atom stereocenters. The molecule has 16 heavy (non-hydrogen) atoms. The Balaban J connectivity index is 2.48. The maximum Gasteiger partial charge on any atom is 0.154 e. The number of halogens is 1. The summed E-state index contributed by atoms with van der Waals surface area (Å²) in [5, 5.41) is 0.543. The molecule has 0 radical (unpaired) electrons. The molecule has 0 saturated heterocycles. The third-order valence-electron chi connectivity index (χ3n) is 3.00. The first-order valence-corrected chi connectivity index (χ1v) is 5.83. The molecule has 0 aromatic carbocycles. The molecule has 0 bridgehead atoms. The molecule has 1 unspecified atom stereocenters. The average Bonchev–Trinajstić information content (AvgIpc) is 2.61. The third kappa shape index (κ3) is 1.93. The summed E-state index contributed by atoms with van der Waals surface area (Å²) in [7, 11) is 0. The number of nitrogens with two attached hydrogens (primary N) is 1.